The highest BCUT2D eigenvalue weighted by molar-refractivity contribution is 5.95. The van der Waals surface area contributed by atoms with Gasteiger partial charge in [0.05, 0.1) is 16.6 Å². The molecule has 0 aliphatic carbocycles. The number of nitro groups is 1. The van der Waals surface area contributed by atoms with E-state index < -0.39 is 4.92 Å². The van der Waals surface area contributed by atoms with Crippen LogP contribution in [-0.2, 0) is 6.54 Å². The van der Waals surface area contributed by atoms with E-state index in [9.17, 15) is 14.9 Å². The van der Waals surface area contributed by atoms with Gasteiger partial charge in [0, 0.05) is 38.3 Å². The Morgan fingerprint density at radius 3 is 2.48 bits per heavy atom. The quantitative estimate of drug-likeness (QED) is 0.567. The highest BCUT2D eigenvalue weighted by Crippen LogP contribution is 2.32. The molecule has 1 amide bonds. The van der Waals surface area contributed by atoms with Crippen molar-refractivity contribution in [2.45, 2.75) is 26.3 Å². The molecule has 7 heteroatoms. The molecule has 150 valence electrons. The number of carbonyl (C=O) groups is 1. The maximum Gasteiger partial charge on any atom is 0.293 e. The number of piperidine rings is 1. The summed E-state index contributed by atoms with van der Waals surface area (Å²) in [6.45, 7) is 4.11. The van der Waals surface area contributed by atoms with Gasteiger partial charge in [-0.15, -0.1) is 0 Å². The summed E-state index contributed by atoms with van der Waals surface area (Å²) in [4.78, 5) is 27.6. The topological polar surface area (TPSA) is 90.5 Å². The average molecular weight is 392 g/mol. The van der Waals surface area contributed by atoms with Crippen LogP contribution in [0.15, 0.2) is 42.5 Å². The van der Waals surface area contributed by atoms with Gasteiger partial charge in [-0.3, -0.25) is 14.9 Å². The Morgan fingerprint density at radius 1 is 1.24 bits per heavy atom. The Labute approximate surface area is 170 Å². The molecular weight excluding hydrogens is 368 g/mol. The third-order valence-electron chi connectivity index (χ3n) is 5.39. The fourth-order valence-electron chi connectivity index (χ4n) is 3.57. The first-order chi connectivity index (χ1) is 13.9. The van der Waals surface area contributed by atoms with Gasteiger partial charge in [-0.05, 0) is 48.6 Å². The lowest BCUT2D eigenvalue weighted by Gasteiger charge is -2.31. The Kier molecular flexibility index (Phi) is 6.13. The van der Waals surface area contributed by atoms with Crippen LogP contribution in [0.2, 0.25) is 0 Å². The van der Waals surface area contributed by atoms with Gasteiger partial charge in [-0.25, -0.2) is 0 Å². The third-order valence-corrected chi connectivity index (χ3v) is 5.39. The fraction of sp³-hybridized carbons (Fsp3) is 0.364. The molecule has 1 heterocycles. The van der Waals surface area contributed by atoms with Crippen LogP contribution in [0.1, 0.15) is 41.3 Å². The lowest BCUT2D eigenvalue weighted by Crippen LogP contribution is -2.33. The fourth-order valence-corrected chi connectivity index (χ4v) is 3.57. The number of nitro benzene ring substituents is 1. The van der Waals surface area contributed by atoms with Crippen LogP contribution in [0.4, 0.5) is 11.4 Å². The van der Waals surface area contributed by atoms with Crippen molar-refractivity contribution in [3.8, 4) is 6.07 Å². The van der Waals surface area contributed by atoms with Crippen LogP contribution >= 0.6 is 0 Å². The maximum absolute atomic E-state index is 12.8. The summed E-state index contributed by atoms with van der Waals surface area (Å²) >= 11 is 0. The molecule has 0 spiro atoms. The van der Waals surface area contributed by atoms with Crippen molar-refractivity contribution in [3.05, 3.63) is 69.3 Å². The molecule has 0 atom stereocenters. The van der Waals surface area contributed by atoms with E-state index in [4.69, 9.17) is 5.26 Å². The molecule has 0 saturated carbocycles. The number of hydrogen-bond donors (Lipinski definition) is 0. The van der Waals surface area contributed by atoms with E-state index in [1.54, 1.807) is 43.4 Å². The standard InChI is InChI=1S/C22H24N4O3/c1-16-9-11-25(12-10-16)20-8-7-19(13-21(20)26(28)29)22(27)24(2)15-18-5-3-17(14-23)4-6-18/h3-8,13,16H,9-12,15H2,1-2H3. The van der Waals surface area contributed by atoms with Crippen molar-refractivity contribution in [2.75, 3.05) is 25.0 Å². The summed E-state index contributed by atoms with van der Waals surface area (Å²) in [6.07, 6.45) is 2.01. The lowest BCUT2D eigenvalue weighted by molar-refractivity contribution is -0.384. The van der Waals surface area contributed by atoms with Crippen molar-refractivity contribution < 1.29 is 9.72 Å². The van der Waals surface area contributed by atoms with E-state index in [1.165, 1.54) is 11.0 Å². The molecule has 2 aromatic rings. The monoisotopic (exact) mass is 392 g/mol. The summed E-state index contributed by atoms with van der Waals surface area (Å²) < 4.78 is 0. The minimum atomic E-state index is -0.412. The molecule has 1 aliphatic rings. The highest BCUT2D eigenvalue weighted by atomic mass is 16.6. The van der Waals surface area contributed by atoms with Crippen molar-refractivity contribution >= 4 is 17.3 Å². The van der Waals surface area contributed by atoms with E-state index in [0.717, 1.165) is 31.5 Å². The van der Waals surface area contributed by atoms with Crippen LogP contribution in [0.25, 0.3) is 0 Å². The molecule has 29 heavy (non-hydrogen) atoms. The van der Waals surface area contributed by atoms with Crippen molar-refractivity contribution in [2.24, 2.45) is 5.92 Å². The molecular formula is C22H24N4O3. The molecule has 7 nitrogen and oxygen atoms in total. The smallest absolute Gasteiger partial charge is 0.293 e. The maximum atomic E-state index is 12.8. The van der Waals surface area contributed by atoms with E-state index in [1.807, 2.05) is 4.90 Å². The van der Waals surface area contributed by atoms with Gasteiger partial charge in [-0.2, -0.15) is 5.26 Å². The number of anilines is 1. The van der Waals surface area contributed by atoms with Crippen LogP contribution in [0, 0.1) is 27.4 Å². The van der Waals surface area contributed by atoms with E-state index in [-0.39, 0.29) is 11.6 Å². The van der Waals surface area contributed by atoms with Crippen molar-refractivity contribution in [1.82, 2.24) is 4.90 Å². The number of hydrogen-bond acceptors (Lipinski definition) is 5. The molecule has 1 saturated heterocycles. The van der Waals surface area contributed by atoms with Crippen LogP contribution in [0.3, 0.4) is 0 Å². The predicted octanol–water partition coefficient (Wildman–Crippen LogP) is 3.97. The van der Waals surface area contributed by atoms with Gasteiger partial charge < -0.3 is 9.80 Å². The number of nitrogens with zero attached hydrogens (tertiary/aromatic N) is 4. The van der Waals surface area contributed by atoms with E-state index in [0.29, 0.717) is 29.3 Å². The second kappa shape index (κ2) is 8.74. The van der Waals surface area contributed by atoms with Gasteiger partial charge in [0.15, 0.2) is 0 Å². The Balaban J connectivity index is 1.78. The third kappa shape index (κ3) is 4.72. The SMILES string of the molecule is CC1CCN(c2ccc(C(=O)N(C)Cc3ccc(C#N)cc3)cc2[N+](=O)[O-])CC1. The van der Waals surface area contributed by atoms with E-state index >= 15 is 0 Å². The van der Waals surface area contributed by atoms with E-state index in [2.05, 4.69) is 13.0 Å². The predicted molar refractivity (Wildman–Crippen MR) is 111 cm³/mol. The zero-order valence-electron chi connectivity index (χ0n) is 16.7. The van der Waals surface area contributed by atoms with Crippen LogP contribution in [-0.4, -0.2) is 35.9 Å². The zero-order valence-corrected chi connectivity index (χ0v) is 16.7. The average Bonchev–Trinajstić information content (AvgIpc) is 2.74. The molecule has 1 aliphatic heterocycles. The number of rotatable bonds is 5. The van der Waals surface area contributed by atoms with Crippen molar-refractivity contribution in [1.29, 1.82) is 5.26 Å². The summed E-state index contributed by atoms with van der Waals surface area (Å²) in [5.41, 5.74) is 2.28. The largest absolute Gasteiger partial charge is 0.366 e. The van der Waals surface area contributed by atoms with Gasteiger partial charge in [-0.1, -0.05) is 19.1 Å². The summed E-state index contributed by atoms with van der Waals surface area (Å²) in [5.74, 6) is 0.346. The second-order valence-corrected chi connectivity index (χ2v) is 7.60. The Hall–Kier alpha value is -3.40. The molecule has 0 N–H and O–H groups in total. The summed E-state index contributed by atoms with van der Waals surface area (Å²) in [5, 5.41) is 20.5. The van der Waals surface area contributed by atoms with Gasteiger partial charge in [0.25, 0.3) is 11.6 Å². The minimum absolute atomic E-state index is 0.0304. The number of carbonyl (C=O) groups excluding carboxylic acids is 1. The molecule has 0 bridgehead atoms. The molecule has 0 aromatic heterocycles. The number of nitriles is 1. The molecule has 1 fully saturated rings. The zero-order chi connectivity index (χ0) is 21.0. The highest BCUT2D eigenvalue weighted by Gasteiger charge is 2.25. The van der Waals surface area contributed by atoms with Crippen molar-refractivity contribution in [3.63, 3.8) is 0 Å². The molecule has 3 rings (SSSR count). The molecule has 0 radical (unpaired) electrons. The van der Waals surface area contributed by atoms with Gasteiger partial charge in [0.2, 0.25) is 0 Å². The Morgan fingerprint density at radius 2 is 1.90 bits per heavy atom. The number of amides is 1. The van der Waals surface area contributed by atoms with Gasteiger partial charge >= 0.3 is 0 Å². The number of benzene rings is 2. The normalized spacial score (nSPS) is 14.3. The summed E-state index contributed by atoms with van der Waals surface area (Å²) in [6, 6.07) is 13.8. The second-order valence-electron chi connectivity index (χ2n) is 7.60. The summed E-state index contributed by atoms with van der Waals surface area (Å²) in [7, 11) is 1.66. The Bertz CT molecular complexity index is 942. The van der Waals surface area contributed by atoms with Crippen LogP contribution < -0.4 is 4.90 Å². The molecule has 2 aromatic carbocycles. The molecule has 0 unspecified atom stereocenters. The lowest BCUT2D eigenvalue weighted by atomic mass is 9.98. The minimum Gasteiger partial charge on any atom is -0.366 e. The first-order valence-corrected chi connectivity index (χ1v) is 9.67. The van der Waals surface area contributed by atoms with Crippen LogP contribution in [0.5, 0.6) is 0 Å². The first kappa shape index (κ1) is 20.3. The first-order valence-electron chi connectivity index (χ1n) is 9.67. The van der Waals surface area contributed by atoms with Gasteiger partial charge in [0.1, 0.15) is 5.69 Å².